The fraction of sp³-hybridized carbons (Fsp3) is 0.182. The second kappa shape index (κ2) is 8.69. The van der Waals surface area contributed by atoms with Crippen molar-refractivity contribution in [3.05, 3.63) is 81.6 Å². The van der Waals surface area contributed by atoms with Crippen molar-refractivity contribution in [1.29, 1.82) is 0 Å². The van der Waals surface area contributed by atoms with Crippen molar-refractivity contribution in [3.63, 3.8) is 0 Å². The number of halogens is 1. The van der Waals surface area contributed by atoms with E-state index in [0.29, 0.717) is 46.3 Å². The largest absolute Gasteiger partial charge is 0.478 e. The van der Waals surface area contributed by atoms with Crippen LogP contribution in [-0.4, -0.2) is 52.2 Å². The third kappa shape index (κ3) is 4.02. The molecule has 0 bridgehead atoms. The van der Waals surface area contributed by atoms with Crippen LogP contribution >= 0.6 is 11.6 Å². The van der Waals surface area contributed by atoms with Gasteiger partial charge < -0.3 is 15.5 Å². The van der Waals surface area contributed by atoms with E-state index in [4.69, 9.17) is 16.7 Å². The van der Waals surface area contributed by atoms with Gasteiger partial charge in [0.1, 0.15) is 18.4 Å². The number of hydrogen-bond acceptors (Lipinski definition) is 8. The molecule has 5 rings (SSSR count). The van der Waals surface area contributed by atoms with Crippen LogP contribution in [0.4, 0.5) is 5.69 Å². The Labute approximate surface area is 197 Å². The molecular weight excluding hydrogens is 462 g/mol. The van der Waals surface area contributed by atoms with Gasteiger partial charge in [-0.1, -0.05) is 11.6 Å². The minimum Gasteiger partial charge on any atom is -0.478 e. The molecule has 2 aromatic heterocycles. The first-order chi connectivity index (χ1) is 16.4. The minimum absolute atomic E-state index is 0.140. The fourth-order valence-electron chi connectivity index (χ4n) is 4.07. The molecule has 0 spiro atoms. The molecule has 2 aromatic carbocycles. The van der Waals surface area contributed by atoms with Crippen LogP contribution in [0.15, 0.2) is 59.7 Å². The molecule has 12 heteroatoms. The van der Waals surface area contributed by atoms with E-state index >= 15 is 0 Å². The molecule has 0 saturated carbocycles. The van der Waals surface area contributed by atoms with Gasteiger partial charge in [0.15, 0.2) is 0 Å². The molecule has 3 heterocycles. The Balaban J connectivity index is 1.45. The highest BCUT2D eigenvalue weighted by molar-refractivity contribution is 6.31. The number of carboxylic acids is 1. The lowest BCUT2D eigenvalue weighted by molar-refractivity contribution is 0.0697. The number of carboxylic acid groups (broad SMARTS) is 1. The van der Waals surface area contributed by atoms with Crippen LogP contribution in [0, 0.1) is 0 Å². The summed E-state index contributed by atoms with van der Waals surface area (Å²) < 4.78 is 2.94. The predicted molar refractivity (Wildman–Crippen MR) is 122 cm³/mol. The fourth-order valence-corrected chi connectivity index (χ4v) is 4.25. The average molecular weight is 480 g/mol. The number of nitrogens with zero attached hydrogens (tertiary/aromatic N) is 6. The van der Waals surface area contributed by atoms with Crippen LogP contribution in [0.3, 0.4) is 0 Å². The molecule has 1 aliphatic heterocycles. The van der Waals surface area contributed by atoms with Crippen molar-refractivity contribution in [2.45, 2.75) is 25.1 Å². The van der Waals surface area contributed by atoms with Crippen LogP contribution in [0.1, 0.15) is 28.6 Å². The second-order valence-corrected chi connectivity index (χ2v) is 8.20. The van der Waals surface area contributed by atoms with E-state index in [1.165, 1.54) is 33.8 Å². The molecule has 34 heavy (non-hydrogen) atoms. The molecule has 4 aromatic rings. The molecule has 2 atom stereocenters. The highest BCUT2D eigenvalue weighted by atomic mass is 35.5. The maximum absolute atomic E-state index is 13.1. The Morgan fingerprint density at radius 3 is 2.68 bits per heavy atom. The van der Waals surface area contributed by atoms with Crippen LogP contribution in [0.2, 0.25) is 5.02 Å². The number of rotatable bonds is 6. The zero-order valence-electron chi connectivity index (χ0n) is 17.5. The lowest BCUT2D eigenvalue weighted by Crippen LogP contribution is -2.35. The molecule has 172 valence electrons. The number of aromatic nitrogens is 6. The molecule has 11 nitrogen and oxygen atoms in total. The number of tetrazole rings is 1. The molecule has 1 aliphatic rings. The summed E-state index contributed by atoms with van der Waals surface area (Å²) in [5.74, 6) is -0.495. The average Bonchev–Trinajstić information content (AvgIpc) is 3.50. The second-order valence-electron chi connectivity index (χ2n) is 7.76. The van der Waals surface area contributed by atoms with E-state index in [-0.39, 0.29) is 11.1 Å². The number of aryl methyl sites for hydroxylation is 1. The van der Waals surface area contributed by atoms with Gasteiger partial charge in [0.05, 0.1) is 23.0 Å². The third-order valence-corrected chi connectivity index (χ3v) is 5.90. The Kier molecular flexibility index (Phi) is 5.56. The van der Waals surface area contributed by atoms with Gasteiger partial charge in [-0.25, -0.2) is 9.78 Å². The maximum atomic E-state index is 13.1. The number of aliphatic hydroxyl groups is 1. The van der Waals surface area contributed by atoms with Gasteiger partial charge in [0.2, 0.25) is 0 Å². The molecule has 0 saturated heterocycles. The Morgan fingerprint density at radius 2 is 1.97 bits per heavy atom. The summed E-state index contributed by atoms with van der Waals surface area (Å²) in [6.45, 7) is 0. The van der Waals surface area contributed by atoms with E-state index in [9.17, 15) is 14.7 Å². The molecule has 0 fully saturated rings. The van der Waals surface area contributed by atoms with E-state index in [1.54, 1.807) is 30.3 Å². The number of fused-ring (bicyclic) bond motifs is 1. The van der Waals surface area contributed by atoms with Crippen LogP contribution < -0.4 is 10.9 Å². The molecule has 3 N–H and O–H groups in total. The van der Waals surface area contributed by atoms with Gasteiger partial charge in [-0.15, -0.1) is 5.10 Å². The zero-order valence-corrected chi connectivity index (χ0v) is 18.3. The van der Waals surface area contributed by atoms with Crippen molar-refractivity contribution in [2.75, 3.05) is 5.32 Å². The number of hydrogen-bond donors (Lipinski definition) is 3. The summed E-state index contributed by atoms with van der Waals surface area (Å²) in [5, 5.41) is 34.4. The molecule has 0 amide bonds. The summed E-state index contributed by atoms with van der Waals surface area (Å²) >= 11 is 6.21. The number of carbonyl (C=O) groups is 1. The standard InChI is InChI=1S/C22H18ClN7O4/c23-13-3-6-17(29-11-24-27-28-29)15(9-13)16-10-20(31)30-18(7-8-19(30)26-16)21(32)25-14-4-1-12(2-5-14)22(33)34/h1-6,9-11,18,21,25,32H,7-8H2,(H,33,34). The number of benzene rings is 2. The van der Waals surface area contributed by atoms with Crippen molar-refractivity contribution in [1.82, 2.24) is 29.8 Å². The SMILES string of the molecule is O=C(O)c1ccc(NC(O)C2CCc3nc(-c4cc(Cl)ccc4-n4cnnn4)cc(=O)n32)cc1. The van der Waals surface area contributed by atoms with Gasteiger partial charge in [0, 0.05) is 28.8 Å². The van der Waals surface area contributed by atoms with Crippen LogP contribution in [0.25, 0.3) is 16.9 Å². The molecule has 2 unspecified atom stereocenters. The molecule has 0 aliphatic carbocycles. The first kappa shape index (κ1) is 21.7. The predicted octanol–water partition coefficient (Wildman–Crippen LogP) is 2.16. The normalized spacial score (nSPS) is 15.6. The van der Waals surface area contributed by atoms with Crippen LogP contribution in [-0.2, 0) is 6.42 Å². The van der Waals surface area contributed by atoms with Gasteiger partial charge in [-0.2, -0.15) is 4.68 Å². The summed E-state index contributed by atoms with van der Waals surface area (Å²) in [6.07, 6.45) is 1.35. The molecular formula is C22H18ClN7O4. The van der Waals surface area contributed by atoms with Crippen molar-refractivity contribution in [3.8, 4) is 16.9 Å². The van der Waals surface area contributed by atoms with Gasteiger partial charge in [-0.3, -0.25) is 9.36 Å². The number of anilines is 1. The summed E-state index contributed by atoms with van der Waals surface area (Å²) in [4.78, 5) is 28.8. The molecule has 0 radical (unpaired) electrons. The first-order valence-electron chi connectivity index (χ1n) is 10.3. The van der Waals surface area contributed by atoms with E-state index in [2.05, 4.69) is 25.8 Å². The summed E-state index contributed by atoms with van der Waals surface area (Å²) in [6, 6.07) is 12.0. The first-order valence-corrected chi connectivity index (χ1v) is 10.7. The lowest BCUT2D eigenvalue weighted by Gasteiger charge is -2.23. The van der Waals surface area contributed by atoms with Gasteiger partial charge >= 0.3 is 5.97 Å². The minimum atomic E-state index is -1.08. The Bertz CT molecular complexity index is 1420. The third-order valence-electron chi connectivity index (χ3n) is 5.66. The maximum Gasteiger partial charge on any atom is 0.335 e. The smallest absolute Gasteiger partial charge is 0.335 e. The number of aliphatic hydroxyl groups excluding tert-OH is 1. The Morgan fingerprint density at radius 1 is 1.18 bits per heavy atom. The van der Waals surface area contributed by atoms with E-state index in [0.717, 1.165) is 0 Å². The van der Waals surface area contributed by atoms with E-state index in [1.807, 2.05) is 0 Å². The van der Waals surface area contributed by atoms with Gasteiger partial charge in [0.25, 0.3) is 5.56 Å². The van der Waals surface area contributed by atoms with Crippen molar-refractivity contribution < 1.29 is 15.0 Å². The topological polar surface area (TPSA) is 148 Å². The number of aromatic carboxylic acids is 1. The van der Waals surface area contributed by atoms with Gasteiger partial charge in [-0.05, 0) is 59.3 Å². The van der Waals surface area contributed by atoms with Crippen molar-refractivity contribution in [2.24, 2.45) is 0 Å². The Hall–Kier alpha value is -4.09. The lowest BCUT2D eigenvalue weighted by atomic mass is 10.1. The van der Waals surface area contributed by atoms with Crippen molar-refractivity contribution >= 4 is 23.3 Å². The quantitative estimate of drug-likeness (QED) is 0.353. The zero-order chi connectivity index (χ0) is 23.8. The van der Waals surface area contributed by atoms with Crippen LogP contribution in [0.5, 0.6) is 0 Å². The highest BCUT2D eigenvalue weighted by Gasteiger charge is 2.31. The number of nitrogens with one attached hydrogen (secondary N) is 1. The monoisotopic (exact) mass is 479 g/mol. The highest BCUT2D eigenvalue weighted by Crippen LogP contribution is 2.31. The summed E-state index contributed by atoms with van der Waals surface area (Å²) in [5.41, 5.74) is 2.01. The van der Waals surface area contributed by atoms with E-state index < -0.39 is 18.2 Å². The summed E-state index contributed by atoms with van der Waals surface area (Å²) in [7, 11) is 0.